The predicted molar refractivity (Wildman–Crippen MR) is 49.9 cm³/mol. The number of carbonyl (C=O) groups excluding carboxylic acids is 1. The second-order valence-electron chi connectivity index (χ2n) is 3.10. The maximum absolute atomic E-state index is 13.1. The number of halogens is 2. The normalized spacial score (nSPS) is 9.93. The summed E-state index contributed by atoms with van der Waals surface area (Å²) >= 11 is 0. The van der Waals surface area contributed by atoms with E-state index < -0.39 is 11.6 Å². The average molecular weight is 213 g/mol. The Morgan fingerprint density at radius 1 is 1.33 bits per heavy atom. The zero-order valence-electron chi connectivity index (χ0n) is 8.25. The van der Waals surface area contributed by atoms with Crippen molar-refractivity contribution < 1.29 is 18.3 Å². The molecular formula is C10H9F2NO2. The van der Waals surface area contributed by atoms with Crippen molar-refractivity contribution in [2.24, 2.45) is 4.99 Å². The average Bonchev–Trinajstić information content (AvgIpc) is 2.12. The fourth-order valence-electron chi connectivity index (χ4n) is 0.997. The van der Waals surface area contributed by atoms with Crippen molar-refractivity contribution in [1.29, 1.82) is 0 Å². The molecule has 5 heteroatoms. The van der Waals surface area contributed by atoms with Crippen LogP contribution in [0.15, 0.2) is 17.1 Å². The van der Waals surface area contributed by atoms with Crippen molar-refractivity contribution in [3.63, 3.8) is 0 Å². The molecule has 0 aliphatic heterocycles. The molecule has 0 heterocycles. The van der Waals surface area contributed by atoms with Crippen LogP contribution in [0, 0.1) is 11.6 Å². The van der Waals surface area contributed by atoms with Crippen LogP contribution in [0.1, 0.15) is 13.8 Å². The third-order valence-corrected chi connectivity index (χ3v) is 1.53. The van der Waals surface area contributed by atoms with Gasteiger partial charge >= 0.3 is 0 Å². The molecule has 0 spiro atoms. The van der Waals surface area contributed by atoms with Crippen LogP contribution in [-0.4, -0.2) is 12.2 Å². The number of benzene rings is 1. The van der Waals surface area contributed by atoms with E-state index in [9.17, 15) is 13.6 Å². The van der Waals surface area contributed by atoms with E-state index >= 15 is 0 Å². The van der Waals surface area contributed by atoms with E-state index in [1.54, 1.807) is 13.8 Å². The van der Waals surface area contributed by atoms with Crippen LogP contribution in [0.25, 0.3) is 0 Å². The quantitative estimate of drug-likeness (QED) is 0.572. The highest BCUT2D eigenvalue weighted by Gasteiger charge is 2.11. The lowest BCUT2D eigenvalue weighted by Crippen LogP contribution is -2.07. The fraction of sp³-hybridized carbons (Fsp3) is 0.300. The van der Waals surface area contributed by atoms with Crippen LogP contribution in [0.4, 0.5) is 14.5 Å². The van der Waals surface area contributed by atoms with E-state index in [0.29, 0.717) is 6.07 Å². The molecule has 0 aromatic heterocycles. The van der Waals surface area contributed by atoms with Gasteiger partial charge in [-0.2, -0.15) is 4.99 Å². The molecule has 0 fully saturated rings. The minimum atomic E-state index is -0.924. The Labute approximate surface area is 85.4 Å². The second kappa shape index (κ2) is 4.66. The Bertz CT molecular complexity index is 412. The number of hydrogen-bond donors (Lipinski definition) is 0. The Balaban J connectivity index is 3.16. The molecule has 3 nitrogen and oxygen atoms in total. The van der Waals surface area contributed by atoms with Crippen LogP contribution < -0.4 is 4.74 Å². The van der Waals surface area contributed by atoms with Crippen LogP contribution in [0.3, 0.4) is 0 Å². The van der Waals surface area contributed by atoms with Gasteiger partial charge in [0.2, 0.25) is 6.08 Å². The molecule has 0 bridgehead atoms. The summed E-state index contributed by atoms with van der Waals surface area (Å²) in [4.78, 5) is 13.0. The maximum Gasteiger partial charge on any atom is 0.240 e. The molecule has 1 rings (SSSR count). The van der Waals surface area contributed by atoms with E-state index in [1.165, 1.54) is 6.08 Å². The molecule has 0 aliphatic rings. The first-order valence-corrected chi connectivity index (χ1v) is 4.28. The number of hydrogen-bond acceptors (Lipinski definition) is 3. The predicted octanol–water partition coefficient (Wildman–Crippen LogP) is 2.72. The monoisotopic (exact) mass is 213 g/mol. The van der Waals surface area contributed by atoms with Gasteiger partial charge in [0.05, 0.1) is 6.10 Å². The van der Waals surface area contributed by atoms with Crippen LogP contribution in [0.5, 0.6) is 5.75 Å². The topological polar surface area (TPSA) is 38.7 Å². The Morgan fingerprint density at radius 3 is 2.53 bits per heavy atom. The summed E-state index contributed by atoms with van der Waals surface area (Å²) in [5, 5.41) is 0. The molecule has 0 atom stereocenters. The lowest BCUT2D eigenvalue weighted by molar-refractivity contribution is 0.231. The number of isocyanates is 1. The van der Waals surface area contributed by atoms with E-state index in [-0.39, 0.29) is 17.5 Å². The van der Waals surface area contributed by atoms with Gasteiger partial charge in [-0.05, 0) is 13.8 Å². The Morgan fingerprint density at radius 2 is 2.00 bits per heavy atom. The largest absolute Gasteiger partial charge is 0.488 e. The zero-order chi connectivity index (χ0) is 11.4. The van der Waals surface area contributed by atoms with Gasteiger partial charge < -0.3 is 4.74 Å². The van der Waals surface area contributed by atoms with Crippen molar-refractivity contribution in [3.05, 3.63) is 23.8 Å². The third kappa shape index (κ3) is 2.86. The Hall–Kier alpha value is -1.74. The SMILES string of the molecule is CC(C)Oc1cc(N=C=O)c(F)cc1F. The van der Waals surface area contributed by atoms with E-state index in [1.807, 2.05) is 0 Å². The minimum Gasteiger partial charge on any atom is -0.488 e. The molecule has 0 saturated carbocycles. The van der Waals surface area contributed by atoms with Gasteiger partial charge in [0, 0.05) is 12.1 Å². The van der Waals surface area contributed by atoms with Crippen LogP contribution in [0.2, 0.25) is 0 Å². The van der Waals surface area contributed by atoms with Crippen molar-refractivity contribution in [3.8, 4) is 5.75 Å². The molecule has 1 aromatic carbocycles. The van der Waals surface area contributed by atoms with E-state index in [2.05, 4.69) is 4.99 Å². The second-order valence-corrected chi connectivity index (χ2v) is 3.10. The van der Waals surface area contributed by atoms with Gasteiger partial charge in [-0.25, -0.2) is 13.6 Å². The first kappa shape index (κ1) is 11.3. The van der Waals surface area contributed by atoms with Gasteiger partial charge in [0.15, 0.2) is 17.4 Å². The summed E-state index contributed by atoms with van der Waals surface area (Å²) in [5.41, 5.74) is -0.290. The molecule has 0 amide bonds. The van der Waals surface area contributed by atoms with Gasteiger partial charge in [0.25, 0.3) is 0 Å². The maximum atomic E-state index is 13.1. The number of nitrogens with zero attached hydrogens (tertiary/aromatic N) is 1. The summed E-state index contributed by atoms with van der Waals surface area (Å²) in [7, 11) is 0. The standard InChI is InChI=1S/C10H9F2NO2/c1-6(2)15-10-4-9(13-5-14)7(11)3-8(10)12/h3-4,6H,1-2H3. The van der Waals surface area contributed by atoms with Gasteiger partial charge in [-0.3, -0.25) is 0 Å². The number of aliphatic imine (C=N–C) groups is 1. The Kier molecular flexibility index (Phi) is 3.52. The first-order chi connectivity index (χ1) is 7.04. The van der Waals surface area contributed by atoms with Gasteiger partial charge in [-0.1, -0.05) is 0 Å². The highest BCUT2D eigenvalue weighted by Crippen LogP contribution is 2.27. The smallest absolute Gasteiger partial charge is 0.240 e. The number of rotatable bonds is 3. The molecule has 15 heavy (non-hydrogen) atoms. The molecule has 0 N–H and O–H groups in total. The lowest BCUT2D eigenvalue weighted by atomic mass is 10.2. The molecular weight excluding hydrogens is 204 g/mol. The molecule has 1 aromatic rings. The molecule has 0 saturated heterocycles. The van der Waals surface area contributed by atoms with E-state index in [4.69, 9.17) is 4.74 Å². The highest BCUT2D eigenvalue weighted by molar-refractivity contribution is 5.52. The minimum absolute atomic E-state index is 0.139. The molecule has 0 radical (unpaired) electrons. The highest BCUT2D eigenvalue weighted by atomic mass is 19.1. The van der Waals surface area contributed by atoms with Crippen molar-refractivity contribution in [2.45, 2.75) is 20.0 Å². The molecule has 0 aliphatic carbocycles. The van der Waals surface area contributed by atoms with Crippen molar-refractivity contribution in [1.82, 2.24) is 0 Å². The van der Waals surface area contributed by atoms with Gasteiger partial charge in [0.1, 0.15) is 5.69 Å². The molecule has 0 unspecified atom stereocenters. The van der Waals surface area contributed by atoms with Crippen LogP contribution >= 0.6 is 0 Å². The zero-order valence-corrected chi connectivity index (χ0v) is 8.25. The first-order valence-electron chi connectivity index (χ1n) is 4.28. The number of ether oxygens (including phenoxy) is 1. The summed E-state index contributed by atoms with van der Waals surface area (Å²) in [5.74, 6) is -1.89. The van der Waals surface area contributed by atoms with Crippen LogP contribution in [-0.2, 0) is 4.79 Å². The van der Waals surface area contributed by atoms with Gasteiger partial charge in [-0.15, -0.1) is 0 Å². The lowest BCUT2D eigenvalue weighted by Gasteiger charge is -2.10. The fourth-order valence-corrected chi connectivity index (χ4v) is 0.997. The summed E-state index contributed by atoms with van der Waals surface area (Å²) in [6.07, 6.45) is 0.930. The third-order valence-electron chi connectivity index (χ3n) is 1.53. The van der Waals surface area contributed by atoms with Crippen molar-refractivity contribution >= 4 is 11.8 Å². The summed E-state index contributed by atoms with van der Waals surface area (Å²) in [6, 6.07) is 1.64. The summed E-state index contributed by atoms with van der Waals surface area (Å²) in [6.45, 7) is 3.40. The summed E-state index contributed by atoms with van der Waals surface area (Å²) < 4.78 is 31.2. The van der Waals surface area contributed by atoms with E-state index in [0.717, 1.165) is 6.07 Å². The molecule has 80 valence electrons. The van der Waals surface area contributed by atoms with Crippen molar-refractivity contribution in [2.75, 3.05) is 0 Å².